The molecule has 0 spiro atoms. The molecule has 0 aromatic heterocycles. The molecule has 130 valence electrons. The van der Waals surface area contributed by atoms with Crippen LogP contribution in [-0.2, 0) is 11.3 Å². The lowest BCUT2D eigenvalue weighted by Crippen LogP contribution is -2.44. The van der Waals surface area contributed by atoms with Crippen LogP contribution in [0.4, 0.5) is 0 Å². The predicted octanol–water partition coefficient (Wildman–Crippen LogP) is 5.66. The van der Waals surface area contributed by atoms with Gasteiger partial charge in [-0.1, -0.05) is 67.6 Å². The molecular formula is C22H31NO. The molecule has 0 saturated heterocycles. The lowest BCUT2D eigenvalue weighted by molar-refractivity contribution is -0.245. The molecule has 0 saturated carbocycles. The lowest BCUT2D eigenvalue weighted by Gasteiger charge is -2.38. The normalized spacial score (nSPS) is 14.6. The minimum absolute atomic E-state index is 0.0337. The van der Waals surface area contributed by atoms with E-state index in [0.29, 0.717) is 5.92 Å². The van der Waals surface area contributed by atoms with E-state index in [1.54, 1.807) is 0 Å². The van der Waals surface area contributed by atoms with Crippen molar-refractivity contribution in [2.24, 2.45) is 5.92 Å². The molecule has 0 aliphatic carbocycles. The van der Waals surface area contributed by atoms with Gasteiger partial charge in [0.1, 0.15) is 6.10 Å². The summed E-state index contributed by atoms with van der Waals surface area (Å²) in [5, 5.41) is 2.15. The van der Waals surface area contributed by atoms with Gasteiger partial charge in [0.05, 0.1) is 0 Å². The van der Waals surface area contributed by atoms with E-state index >= 15 is 0 Å². The molecule has 2 nitrogen and oxygen atoms in total. The SMILES string of the molecule is CC(ON(C[C@@H](C)Cc1ccccc1)C(C)(C)C)c1ccccc1. The van der Waals surface area contributed by atoms with Crippen molar-refractivity contribution in [2.45, 2.75) is 52.7 Å². The summed E-state index contributed by atoms with van der Waals surface area (Å²) in [6.07, 6.45) is 1.12. The fourth-order valence-corrected chi connectivity index (χ4v) is 2.81. The average Bonchev–Trinajstić information content (AvgIpc) is 2.55. The molecule has 0 amide bonds. The molecule has 0 fully saturated rings. The minimum Gasteiger partial charge on any atom is -0.291 e. The van der Waals surface area contributed by atoms with Gasteiger partial charge in [-0.05, 0) is 51.2 Å². The Morgan fingerprint density at radius 2 is 1.42 bits per heavy atom. The first-order chi connectivity index (χ1) is 11.4. The zero-order chi connectivity index (χ0) is 17.6. The summed E-state index contributed by atoms with van der Waals surface area (Å²) >= 11 is 0. The van der Waals surface area contributed by atoms with Crippen molar-refractivity contribution in [1.29, 1.82) is 0 Å². The maximum absolute atomic E-state index is 6.34. The second kappa shape index (κ2) is 8.46. The number of benzene rings is 2. The Morgan fingerprint density at radius 1 is 0.875 bits per heavy atom. The molecule has 0 heterocycles. The highest BCUT2D eigenvalue weighted by molar-refractivity contribution is 5.17. The molecule has 24 heavy (non-hydrogen) atoms. The van der Waals surface area contributed by atoms with E-state index < -0.39 is 0 Å². The quantitative estimate of drug-likeness (QED) is 0.609. The Morgan fingerprint density at radius 3 is 1.96 bits per heavy atom. The maximum Gasteiger partial charge on any atom is 0.101 e. The van der Waals surface area contributed by atoms with Crippen LogP contribution in [0.25, 0.3) is 0 Å². The van der Waals surface area contributed by atoms with Crippen LogP contribution < -0.4 is 0 Å². The largest absolute Gasteiger partial charge is 0.291 e. The van der Waals surface area contributed by atoms with Gasteiger partial charge >= 0.3 is 0 Å². The van der Waals surface area contributed by atoms with Crippen LogP contribution in [-0.4, -0.2) is 17.1 Å². The topological polar surface area (TPSA) is 12.5 Å². The zero-order valence-corrected chi connectivity index (χ0v) is 15.7. The van der Waals surface area contributed by atoms with E-state index in [-0.39, 0.29) is 11.6 Å². The molecule has 0 aliphatic rings. The van der Waals surface area contributed by atoms with Crippen LogP contribution in [0.3, 0.4) is 0 Å². The van der Waals surface area contributed by atoms with Gasteiger partial charge in [0.25, 0.3) is 0 Å². The lowest BCUT2D eigenvalue weighted by atomic mass is 9.99. The smallest absolute Gasteiger partial charge is 0.101 e. The molecule has 0 aliphatic heterocycles. The van der Waals surface area contributed by atoms with E-state index in [2.05, 4.69) is 94.3 Å². The molecule has 2 heteroatoms. The molecule has 2 aromatic rings. The van der Waals surface area contributed by atoms with E-state index in [1.165, 1.54) is 11.1 Å². The van der Waals surface area contributed by atoms with Crippen LogP contribution in [0, 0.1) is 5.92 Å². The van der Waals surface area contributed by atoms with E-state index in [1.807, 2.05) is 6.07 Å². The van der Waals surface area contributed by atoms with Crippen molar-refractivity contribution in [3.63, 3.8) is 0 Å². The van der Waals surface area contributed by atoms with Crippen molar-refractivity contribution in [2.75, 3.05) is 6.54 Å². The van der Waals surface area contributed by atoms with Gasteiger partial charge < -0.3 is 0 Å². The summed E-state index contributed by atoms with van der Waals surface area (Å²) in [7, 11) is 0. The zero-order valence-electron chi connectivity index (χ0n) is 15.7. The van der Waals surface area contributed by atoms with E-state index in [0.717, 1.165) is 13.0 Å². The van der Waals surface area contributed by atoms with Crippen LogP contribution in [0.1, 0.15) is 51.8 Å². The molecule has 0 bridgehead atoms. The van der Waals surface area contributed by atoms with Crippen molar-refractivity contribution in [1.82, 2.24) is 5.06 Å². The Kier molecular flexibility index (Phi) is 6.59. The van der Waals surface area contributed by atoms with Crippen LogP contribution in [0.2, 0.25) is 0 Å². The first-order valence-electron chi connectivity index (χ1n) is 8.89. The highest BCUT2D eigenvalue weighted by Gasteiger charge is 2.26. The Bertz CT molecular complexity index is 588. The van der Waals surface area contributed by atoms with E-state index in [9.17, 15) is 0 Å². The Labute approximate surface area is 147 Å². The third-order valence-electron chi connectivity index (χ3n) is 4.21. The predicted molar refractivity (Wildman–Crippen MR) is 102 cm³/mol. The fraction of sp³-hybridized carbons (Fsp3) is 0.455. The number of hydrogen-bond acceptors (Lipinski definition) is 2. The molecule has 2 aromatic carbocycles. The summed E-state index contributed by atoms with van der Waals surface area (Å²) in [4.78, 5) is 6.34. The number of nitrogens with zero attached hydrogens (tertiary/aromatic N) is 1. The fourth-order valence-electron chi connectivity index (χ4n) is 2.81. The molecule has 2 atom stereocenters. The first-order valence-corrected chi connectivity index (χ1v) is 8.89. The van der Waals surface area contributed by atoms with Crippen molar-refractivity contribution < 1.29 is 4.84 Å². The Hall–Kier alpha value is -1.64. The summed E-state index contributed by atoms with van der Waals surface area (Å²) < 4.78 is 0. The second-order valence-corrected chi connectivity index (χ2v) is 7.69. The van der Waals surface area contributed by atoms with Crippen molar-refractivity contribution in [3.8, 4) is 0 Å². The van der Waals surface area contributed by atoms with Crippen LogP contribution in [0.5, 0.6) is 0 Å². The van der Waals surface area contributed by atoms with Crippen molar-refractivity contribution in [3.05, 3.63) is 71.8 Å². The summed E-state index contributed by atoms with van der Waals surface area (Å²) in [6.45, 7) is 12.0. The maximum atomic E-state index is 6.34. The number of hydroxylamine groups is 2. The highest BCUT2D eigenvalue weighted by atomic mass is 16.7. The van der Waals surface area contributed by atoms with E-state index in [4.69, 9.17) is 4.84 Å². The monoisotopic (exact) mass is 325 g/mol. The van der Waals surface area contributed by atoms with Crippen LogP contribution >= 0.6 is 0 Å². The molecule has 1 unspecified atom stereocenters. The average molecular weight is 325 g/mol. The van der Waals surface area contributed by atoms with Crippen LogP contribution in [0.15, 0.2) is 60.7 Å². The summed E-state index contributed by atoms with van der Waals surface area (Å²) in [5.74, 6) is 0.523. The second-order valence-electron chi connectivity index (χ2n) is 7.69. The van der Waals surface area contributed by atoms with Gasteiger partial charge in [-0.3, -0.25) is 4.84 Å². The Balaban J connectivity index is 2.00. The van der Waals surface area contributed by atoms with Gasteiger partial charge in [-0.2, -0.15) is 5.06 Å². The van der Waals surface area contributed by atoms with Gasteiger partial charge in [0.15, 0.2) is 0 Å². The first kappa shape index (κ1) is 18.7. The molecular weight excluding hydrogens is 294 g/mol. The third kappa shape index (κ3) is 5.77. The third-order valence-corrected chi connectivity index (χ3v) is 4.21. The minimum atomic E-state index is -0.0337. The number of hydrogen-bond donors (Lipinski definition) is 0. The van der Waals surface area contributed by atoms with Gasteiger partial charge in [-0.25, -0.2) is 0 Å². The molecule has 0 radical (unpaired) electrons. The summed E-state index contributed by atoms with van der Waals surface area (Å²) in [5.41, 5.74) is 2.56. The van der Waals surface area contributed by atoms with Gasteiger partial charge in [-0.15, -0.1) is 0 Å². The standard InChI is InChI=1S/C22H31NO/c1-18(16-20-12-8-6-9-13-20)17-23(22(3,4)5)24-19(2)21-14-10-7-11-15-21/h6-15,18-19H,16-17H2,1-5H3/t18-,19?/m0/s1. The van der Waals surface area contributed by atoms with Gasteiger partial charge in [0, 0.05) is 12.1 Å². The number of rotatable bonds is 7. The highest BCUT2D eigenvalue weighted by Crippen LogP contribution is 2.25. The molecule has 0 N–H and O–H groups in total. The summed E-state index contributed by atoms with van der Waals surface area (Å²) in [6, 6.07) is 21.1. The molecule has 2 rings (SSSR count). The van der Waals surface area contributed by atoms with Crippen molar-refractivity contribution >= 4 is 0 Å². The van der Waals surface area contributed by atoms with Gasteiger partial charge in [0.2, 0.25) is 0 Å².